The molecule has 1 atom stereocenters. The summed E-state index contributed by atoms with van der Waals surface area (Å²) in [7, 11) is -4.65. The maximum atomic E-state index is 14.1. The summed E-state index contributed by atoms with van der Waals surface area (Å²) >= 11 is 6.25. The zero-order valence-electron chi connectivity index (χ0n) is 36.5. The first kappa shape index (κ1) is 44.5. The van der Waals surface area contributed by atoms with Gasteiger partial charge in [0.1, 0.15) is 23.8 Å². The third-order valence-corrected chi connectivity index (χ3v) is 14.4. The molecular formula is C47H53ClN8O8S. The van der Waals surface area contributed by atoms with Gasteiger partial charge >= 0.3 is 0 Å². The van der Waals surface area contributed by atoms with Crippen molar-refractivity contribution in [3.05, 3.63) is 111 Å². The first-order chi connectivity index (χ1) is 31.3. The number of amides is 1. The minimum atomic E-state index is -4.65. The molecule has 5 heterocycles. The average Bonchev–Trinajstić information content (AvgIpc) is 3.77. The summed E-state index contributed by atoms with van der Waals surface area (Å²) in [6.45, 7) is 12.4. The van der Waals surface area contributed by atoms with E-state index in [4.69, 9.17) is 25.8 Å². The number of hydrogen-bond acceptors (Lipinski definition) is 13. The highest BCUT2D eigenvalue weighted by Crippen LogP contribution is 2.44. The SMILES string of the molecule is CC1(C)CCC(CN2CCN(c3ccc(C(=O)NS(=O)(=O)c4cc5c(c([N+](=O)[O-])c4)NC(CCN4CCOCC4)CO5)c(Oc4cnc5[nH]ccc5c4)c3)CC2)=C(c2ccc(Cl)cc2)C1. The van der Waals surface area contributed by atoms with Gasteiger partial charge in [-0.2, -0.15) is 0 Å². The minimum Gasteiger partial charge on any atom is -0.489 e. The Labute approximate surface area is 383 Å². The van der Waals surface area contributed by atoms with Gasteiger partial charge in [-0.3, -0.25) is 24.7 Å². The number of aromatic nitrogens is 2. The summed E-state index contributed by atoms with van der Waals surface area (Å²) in [4.78, 5) is 39.7. The number of morpholine rings is 1. The maximum Gasteiger partial charge on any atom is 0.297 e. The molecule has 2 fully saturated rings. The summed E-state index contributed by atoms with van der Waals surface area (Å²) in [5.41, 5.74) is 5.33. The summed E-state index contributed by atoms with van der Waals surface area (Å²) in [5, 5.41) is 17.0. The molecule has 1 amide bonds. The van der Waals surface area contributed by atoms with Crippen molar-refractivity contribution < 1.29 is 32.3 Å². The Morgan fingerprint density at radius 3 is 2.57 bits per heavy atom. The van der Waals surface area contributed by atoms with Crippen LogP contribution in [0.1, 0.15) is 55.5 Å². The van der Waals surface area contributed by atoms with E-state index < -0.39 is 31.4 Å². The Balaban J connectivity index is 0.928. The number of carbonyl (C=O) groups excluding carboxylic acids is 1. The molecule has 18 heteroatoms. The third-order valence-electron chi connectivity index (χ3n) is 12.8. The largest absolute Gasteiger partial charge is 0.489 e. The molecule has 0 bridgehead atoms. The average molecular weight is 926 g/mol. The minimum absolute atomic E-state index is 0.0113. The normalized spacial score (nSPS) is 19.3. The van der Waals surface area contributed by atoms with Gasteiger partial charge in [-0.15, -0.1) is 0 Å². The Morgan fingerprint density at radius 1 is 1.02 bits per heavy atom. The van der Waals surface area contributed by atoms with Crippen LogP contribution in [0.5, 0.6) is 17.2 Å². The maximum absolute atomic E-state index is 14.1. The molecule has 16 nitrogen and oxygen atoms in total. The lowest BCUT2D eigenvalue weighted by Gasteiger charge is -2.39. The predicted octanol–water partition coefficient (Wildman–Crippen LogP) is 7.72. The quantitative estimate of drug-likeness (QED) is 0.0771. The molecule has 65 heavy (non-hydrogen) atoms. The highest BCUT2D eigenvalue weighted by atomic mass is 35.5. The van der Waals surface area contributed by atoms with Crippen LogP contribution in [0.25, 0.3) is 16.6 Å². The molecule has 2 saturated heterocycles. The van der Waals surface area contributed by atoms with E-state index in [-0.39, 0.29) is 40.8 Å². The van der Waals surface area contributed by atoms with Gasteiger partial charge in [-0.05, 0) is 78.6 Å². The number of nitro groups is 1. The number of fused-ring (bicyclic) bond motifs is 2. The van der Waals surface area contributed by atoms with E-state index in [1.54, 1.807) is 24.4 Å². The fraction of sp³-hybridized carbons (Fsp3) is 0.404. The van der Waals surface area contributed by atoms with Gasteiger partial charge in [0.2, 0.25) is 0 Å². The monoisotopic (exact) mass is 924 g/mol. The van der Waals surface area contributed by atoms with Gasteiger partial charge in [-0.1, -0.05) is 43.2 Å². The molecule has 1 unspecified atom stereocenters. The second-order valence-electron chi connectivity index (χ2n) is 18.0. The number of halogens is 1. The van der Waals surface area contributed by atoms with Crippen LogP contribution >= 0.6 is 11.6 Å². The molecular weight excluding hydrogens is 872 g/mol. The highest BCUT2D eigenvalue weighted by Gasteiger charge is 2.33. The molecule has 1 aliphatic carbocycles. The molecule has 5 aromatic rings. The van der Waals surface area contributed by atoms with Crippen molar-refractivity contribution in [3.63, 3.8) is 0 Å². The van der Waals surface area contributed by atoms with Crippen LogP contribution in [0.2, 0.25) is 5.02 Å². The number of benzene rings is 3. The summed E-state index contributed by atoms with van der Waals surface area (Å²) in [5.74, 6) is -0.508. The number of piperazine rings is 1. The smallest absolute Gasteiger partial charge is 0.297 e. The van der Waals surface area contributed by atoms with Crippen LogP contribution in [0.3, 0.4) is 0 Å². The van der Waals surface area contributed by atoms with E-state index in [0.29, 0.717) is 44.1 Å². The third kappa shape index (κ3) is 10.2. The number of allylic oxidation sites excluding steroid dienone is 1. The van der Waals surface area contributed by atoms with Crippen LogP contribution in [-0.2, 0) is 14.8 Å². The topological polar surface area (TPSA) is 184 Å². The molecule has 3 aromatic carbocycles. The van der Waals surface area contributed by atoms with E-state index >= 15 is 0 Å². The number of rotatable bonds is 13. The molecule has 3 N–H and O–H groups in total. The van der Waals surface area contributed by atoms with Crippen molar-refractivity contribution in [2.24, 2.45) is 5.41 Å². The van der Waals surface area contributed by atoms with Gasteiger partial charge < -0.3 is 29.4 Å². The number of nitrogens with one attached hydrogen (secondary N) is 3. The Kier molecular flexibility index (Phi) is 12.8. The number of sulfonamides is 1. The summed E-state index contributed by atoms with van der Waals surface area (Å²) in [6, 6.07) is 18.7. The van der Waals surface area contributed by atoms with Crippen molar-refractivity contribution in [2.75, 3.05) is 82.4 Å². The van der Waals surface area contributed by atoms with Crippen molar-refractivity contribution in [2.45, 2.75) is 50.5 Å². The number of aromatic amines is 1. The molecule has 0 spiro atoms. The number of nitro benzene ring substituents is 1. The number of pyridine rings is 1. The fourth-order valence-corrected chi connectivity index (χ4v) is 10.2. The standard InChI is InChI=1S/C47H53ClN8O8S/c1-47(2)12-9-33(40(27-47)31-3-5-34(48)6-4-31)29-54-15-17-55(18-16-54)36-7-8-39(42(24-36)64-37-23-32-10-13-49-45(32)50-28-37)46(57)52-65(60,61)38-25-41(56(58)59)44-43(26-38)63-30-35(51-44)11-14-53-19-21-62-22-20-53/h3-8,10,13,23-26,28,35,51H,9,11-12,14-22,27,29-30H2,1-2H3,(H,49,50)(H,52,57). The molecule has 0 saturated carbocycles. The van der Waals surface area contributed by atoms with Gasteiger partial charge in [0.25, 0.3) is 21.6 Å². The molecule has 4 aliphatic rings. The van der Waals surface area contributed by atoms with Crippen molar-refractivity contribution in [1.82, 2.24) is 24.5 Å². The van der Waals surface area contributed by atoms with Crippen LogP contribution in [0.15, 0.2) is 89.6 Å². The van der Waals surface area contributed by atoms with E-state index in [9.17, 15) is 23.3 Å². The predicted molar refractivity (Wildman–Crippen MR) is 250 cm³/mol. The van der Waals surface area contributed by atoms with Crippen LogP contribution in [0.4, 0.5) is 17.1 Å². The zero-order valence-corrected chi connectivity index (χ0v) is 38.1. The summed E-state index contributed by atoms with van der Waals surface area (Å²) in [6.07, 6.45) is 7.12. The molecule has 342 valence electrons. The number of anilines is 2. The van der Waals surface area contributed by atoms with Crippen LogP contribution in [-0.4, -0.2) is 117 Å². The number of carbonyl (C=O) groups is 1. The molecule has 0 radical (unpaired) electrons. The number of nitrogens with zero attached hydrogens (tertiary/aromatic N) is 5. The van der Waals surface area contributed by atoms with E-state index in [0.717, 1.165) is 80.7 Å². The number of H-pyrrole nitrogens is 1. The lowest BCUT2D eigenvalue weighted by atomic mass is 9.72. The van der Waals surface area contributed by atoms with Gasteiger partial charge in [0, 0.05) is 92.9 Å². The second-order valence-corrected chi connectivity index (χ2v) is 20.1. The lowest BCUT2D eigenvalue weighted by molar-refractivity contribution is -0.384. The molecule has 2 aromatic heterocycles. The highest BCUT2D eigenvalue weighted by molar-refractivity contribution is 7.90. The van der Waals surface area contributed by atoms with E-state index in [2.05, 4.69) is 60.7 Å². The van der Waals surface area contributed by atoms with Crippen molar-refractivity contribution in [3.8, 4) is 17.2 Å². The Hall–Kier alpha value is -5.72. The number of hydrogen-bond donors (Lipinski definition) is 3. The molecule has 3 aliphatic heterocycles. The Morgan fingerprint density at radius 2 is 1.80 bits per heavy atom. The first-order valence-electron chi connectivity index (χ1n) is 22.1. The van der Waals surface area contributed by atoms with Gasteiger partial charge in [0.15, 0.2) is 11.4 Å². The molecule has 9 rings (SSSR count). The fourth-order valence-electron chi connectivity index (χ4n) is 9.11. The van der Waals surface area contributed by atoms with Crippen molar-refractivity contribution in [1.29, 1.82) is 0 Å². The lowest BCUT2D eigenvalue weighted by Crippen LogP contribution is -2.47. The first-order valence-corrected chi connectivity index (χ1v) is 23.9. The van der Waals surface area contributed by atoms with Crippen molar-refractivity contribution >= 4 is 61.2 Å². The Bertz CT molecular complexity index is 2730. The van der Waals surface area contributed by atoms with Gasteiger partial charge in [-0.25, -0.2) is 18.1 Å². The van der Waals surface area contributed by atoms with E-state index in [1.165, 1.54) is 35.0 Å². The zero-order chi connectivity index (χ0) is 45.3. The summed E-state index contributed by atoms with van der Waals surface area (Å²) < 4.78 is 47.7. The van der Waals surface area contributed by atoms with Crippen LogP contribution < -0.4 is 24.4 Å². The number of ether oxygens (including phenoxy) is 3. The van der Waals surface area contributed by atoms with Gasteiger partial charge in [0.05, 0.1) is 40.8 Å². The van der Waals surface area contributed by atoms with E-state index in [1.807, 2.05) is 18.2 Å². The van der Waals surface area contributed by atoms with Crippen LogP contribution in [0, 0.1) is 15.5 Å². The second kappa shape index (κ2) is 18.6.